The van der Waals surface area contributed by atoms with Gasteiger partial charge in [-0.2, -0.15) is 5.10 Å². The van der Waals surface area contributed by atoms with Crippen molar-refractivity contribution in [2.45, 2.75) is 38.6 Å². The largest absolute Gasteiger partial charge is 0.480 e. The van der Waals surface area contributed by atoms with Crippen LogP contribution in [0.2, 0.25) is 0 Å². The van der Waals surface area contributed by atoms with E-state index in [2.05, 4.69) is 20.3 Å². The zero-order chi connectivity index (χ0) is 21.4. The normalized spacial score (nSPS) is 31.6. The zero-order valence-corrected chi connectivity index (χ0v) is 17.6. The van der Waals surface area contributed by atoms with Gasteiger partial charge in [0.1, 0.15) is 17.2 Å². The number of allylic oxidation sites excluding steroid dienone is 1. The lowest BCUT2D eigenvalue weighted by Gasteiger charge is -2.38. The van der Waals surface area contributed by atoms with Gasteiger partial charge >= 0.3 is 0 Å². The Labute approximate surface area is 179 Å². The molecule has 3 atom stereocenters. The van der Waals surface area contributed by atoms with Crippen molar-refractivity contribution >= 4 is 23.3 Å². The minimum Gasteiger partial charge on any atom is -0.480 e. The van der Waals surface area contributed by atoms with Crippen LogP contribution in [-0.4, -0.2) is 51.6 Å². The maximum atomic E-state index is 14.4. The first-order chi connectivity index (χ1) is 14.9. The fraction of sp³-hybridized carbons (Fsp3) is 0.545. The van der Waals surface area contributed by atoms with Gasteiger partial charge in [-0.05, 0) is 24.8 Å². The minimum atomic E-state index is -0.329. The van der Waals surface area contributed by atoms with Crippen LogP contribution in [0.3, 0.4) is 0 Å². The number of amides is 1. The number of aliphatic imine (C=N–C) groups is 1. The van der Waals surface area contributed by atoms with E-state index in [1.807, 2.05) is 26.1 Å². The molecule has 9 heteroatoms. The van der Waals surface area contributed by atoms with Crippen LogP contribution in [0.5, 0.6) is 0 Å². The topological polar surface area (TPSA) is 84.1 Å². The third-order valence-electron chi connectivity index (χ3n) is 7.17. The van der Waals surface area contributed by atoms with Gasteiger partial charge in [-0.25, -0.2) is 18.9 Å². The number of nitrogens with zero attached hydrogens (tertiary/aromatic N) is 5. The molecule has 1 aliphatic carbocycles. The van der Waals surface area contributed by atoms with E-state index in [4.69, 9.17) is 9.72 Å². The summed E-state index contributed by atoms with van der Waals surface area (Å²) in [6, 6.07) is 1.92. The van der Waals surface area contributed by atoms with Gasteiger partial charge in [-0.1, -0.05) is 13.8 Å². The van der Waals surface area contributed by atoms with Crippen LogP contribution >= 0.6 is 0 Å². The molecule has 6 rings (SSSR count). The molecule has 1 saturated carbocycles. The molecule has 2 aromatic heterocycles. The smallest absolute Gasteiger partial charge is 0.256 e. The number of fused-ring (bicyclic) bond motifs is 3. The minimum absolute atomic E-state index is 0.152. The highest BCUT2D eigenvalue weighted by molar-refractivity contribution is 5.99. The number of ether oxygens (including phenoxy) is 1. The Bertz CT molecular complexity index is 1150. The van der Waals surface area contributed by atoms with Crippen LogP contribution in [0.4, 0.5) is 10.2 Å². The van der Waals surface area contributed by atoms with Gasteiger partial charge in [-0.3, -0.25) is 4.79 Å². The van der Waals surface area contributed by atoms with Crippen molar-refractivity contribution in [3.05, 3.63) is 36.1 Å². The number of hydrogen-bond donors (Lipinski definition) is 1. The molecule has 4 aliphatic rings. The fourth-order valence-electron chi connectivity index (χ4n) is 5.45. The number of nitrogens with one attached hydrogen (secondary N) is 1. The van der Waals surface area contributed by atoms with E-state index >= 15 is 0 Å². The Morgan fingerprint density at radius 1 is 1.35 bits per heavy atom. The number of halogens is 1. The maximum absolute atomic E-state index is 14.4. The van der Waals surface area contributed by atoms with Gasteiger partial charge in [0.2, 0.25) is 0 Å². The number of carbonyl (C=O) groups is 1. The molecule has 3 aliphatic heterocycles. The molecule has 2 fully saturated rings. The summed E-state index contributed by atoms with van der Waals surface area (Å²) < 4.78 is 22.2. The molecule has 2 aromatic rings. The SMILES string of the molecule is CC1(C)CNC(=O)c2cnn3ccc(nc23)N2CC[C@H]3C[C@]32C2CC(F)=CN=C2OC1. The van der Waals surface area contributed by atoms with Crippen LogP contribution in [0.15, 0.2) is 35.5 Å². The number of piperidine rings is 1. The maximum Gasteiger partial charge on any atom is 0.256 e. The van der Waals surface area contributed by atoms with E-state index in [9.17, 15) is 9.18 Å². The molecule has 8 nitrogen and oxygen atoms in total. The molecule has 1 saturated heterocycles. The average molecular weight is 424 g/mol. The first kappa shape index (κ1) is 18.8. The van der Waals surface area contributed by atoms with Gasteiger partial charge in [0.15, 0.2) is 11.5 Å². The molecular formula is C22H25FN6O2. The first-order valence-corrected chi connectivity index (χ1v) is 10.8. The molecule has 1 unspecified atom stereocenters. The van der Waals surface area contributed by atoms with Crippen LogP contribution in [-0.2, 0) is 4.74 Å². The van der Waals surface area contributed by atoms with E-state index in [0.29, 0.717) is 42.6 Å². The zero-order valence-electron chi connectivity index (χ0n) is 17.6. The summed E-state index contributed by atoms with van der Waals surface area (Å²) in [6.07, 6.45) is 6.96. The fourth-order valence-corrected chi connectivity index (χ4v) is 5.45. The second kappa shape index (κ2) is 6.27. The number of hydrogen-bond acceptors (Lipinski definition) is 6. The van der Waals surface area contributed by atoms with Gasteiger partial charge in [0.25, 0.3) is 5.91 Å². The Balaban J connectivity index is 1.50. The highest BCUT2D eigenvalue weighted by Crippen LogP contribution is 2.62. The van der Waals surface area contributed by atoms with Crippen molar-refractivity contribution in [1.29, 1.82) is 0 Å². The van der Waals surface area contributed by atoms with Crippen LogP contribution < -0.4 is 10.2 Å². The summed E-state index contributed by atoms with van der Waals surface area (Å²) in [5.74, 6) is 1.28. The predicted octanol–water partition coefficient (Wildman–Crippen LogP) is 2.71. The highest BCUT2D eigenvalue weighted by Gasteiger charge is 2.68. The number of rotatable bonds is 0. The van der Waals surface area contributed by atoms with Crippen LogP contribution in [0.25, 0.3) is 5.65 Å². The lowest BCUT2D eigenvalue weighted by molar-refractivity contribution is 0.0911. The van der Waals surface area contributed by atoms with E-state index in [1.54, 1.807) is 10.7 Å². The summed E-state index contributed by atoms with van der Waals surface area (Å²) in [6.45, 7) is 5.70. The molecule has 0 radical (unpaired) electrons. The van der Waals surface area contributed by atoms with Crippen molar-refractivity contribution in [2.24, 2.45) is 22.2 Å². The molecule has 1 spiro atoms. The lowest BCUT2D eigenvalue weighted by atomic mass is 9.89. The van der Waals surface area contributed by atoms with Crippen molar-refractivity contribution in [3.8, 4) is 0 Å². The quantitative estimate of drug-likeness (QED) is 0.703. The molecule has 1 amide bonds. The van der Waals surface area contributed by atoms with Gasteiger partial charge < -0.3 is 15.0 Å². The highest BCUT2D eigenvalue weighted by atomic mass is 19.1. The van der Waals surface area contributed by atoms with Gasteiger partial charge in [-0.15, -0.1) is 0 Å². The lowest BCUT2D eigenvalue weighted by Crippen LogP contribution is -2.47. The molecular weight excluding hydrogens is 399 g/mol. The van der Waals surface area contributed by atoms with E-state index in [-0.39, 0.29) is 28.6 Å². The summed E-state index contributed by atoms with van der Waals surface area (Å²) in [5.41, 5.74) is 0.408. The molecule has 1 N–H and O–H groups in total. The van der Waals surface area contributed by atoms with Crippen molar-refractivity contribution < 1.29 is 13.9 Å². The molecule has 5 heterocycles. The predicted molar refractivity (Wildman–Crippen MR) is 113 cm³/mol. The summed E-state index contributed by atoms with van der Waals surface area (Å²) in [7, 11) is 0. The summed E-state index contributed by atoms with van der Waals surface area (Å²) in [5, 5.41) is 7.29. The Morgan fingerprint density at radius 3 is 3.06 bits per heavy atom. The van der Waals surface area contributed by atoms with Gasteiger partial charge in [0, 0.05) is 31.1 Å². The third kappa shape index (κ3) is 2.78. The standard InChI is InChI=1S/C22H25FN6O2/c1-21(2)11-25-19(30)15-10-26-29-6-4-17(27-18(15)29)28-5-3-13-8-22(13,28)16-7-14(23)9-24-20(16)31-12-21/h4,6,9-10,13,16H,3,5,7-8,11-12H2,1-2H3,(H,25,30)/t13-,16?,22+/m0/s1. The second-order valence-corrected chi connectivity index (χ2v) is 9.88. The first-order valence-electron chi connectivity index (χ1n) is 10.8. The Kier molecular flexibility index (Phi) is 3.80. The van der Waals surface area contributed by atoms with E-state index in [1.165, 1.54) is 6.20 Å². The average Bonchev–Trinajstić information content (AvgIpc) is 3.13. The summed E-state index contributed by atoms with van der Waals surface area (Å²) >= 11 is 0. The number of anilines is 1. The monoisotopic (exact) mass is 424 g/mol. The second-order valence-electron chi connectivity index (χ2n) is 9.88. The molecule has 162 valence electrons. The molecule has 2 bridgehead atoms. The van der Waals surface area contributed by atoms with Crippen LogP contribution in [0.1, 0.15) is 43.5 Å². The number of carbonyl (C=O) groups excluding carboxylic acids is 1. The van der Waals surface area contributed by atoms with Crippen LogP contribution in [0, 0.1) is 17.3 Å². The third-order valence-corrected chi connectivity index (χ3v) is 7.17. The van der Waals surface area contributed by atoms with Gasteiger partial charge in [0.05, 0.1) is 30.5 Å². The molecule has 0 aromatic carbocycles. The van der Waals surface area contributed by atoms with E-state index < -0.39 is 0 Å². The van der Waals surface area contributed by atoms with E-state index in [0.717, 1.165) is 25.2 Å². The molecule has 31 heavy (non-hydrogen) atoms. The Hall–Kier alpha value is -2.97. The van der Waals surface area contributed by atoms with Crippen molar-refractivity contribution in [3.63, 3.8) is 0 Å². The van der Waals surface area contributed by atoms with Crippen molar-refractivity contribution in [2.75, 3.05) is 24.6 Å². The number of aromatic nitrogens is 3. The van der Waals surface area contributed by atoms with Crippen molar-refractivity contribution in [1.82, 2.24) is 19.9 Å². The summed E-state index contributed by atoms with van der Waals surface area (Å²) in [4.78, 5) is 24.4. The Morgan fingerprint density at radius 2 is 2.23 bits per heavy atom.